The molecule has 0 aliphatic rings. The van der Waals surface area contributed by atoms with Crippen molar-refractivity contribution >= 4 is 28.5 Å². The second-order valence-corrected chi connectivity index (χ2v) is 6.34. The summed E-state index contributed by atoms with van der Waals surface area (Å²) in [4.78, 5) is 28.9. The molecule has 29 heavy (non-hydrogen) atoms. The molecule has 1 N–H and O–H groups in total. The van der Waals surface area contributed by atoms with E-state index in [9.17, 15) is 9.59 Å². The molecule has 3 aromatic rings. The number of aryl methyl sites for hydroxylation is 1. The van der Waals surface area contributed by atoms with Gasteiger partial charge < -0.3 is 14.8 Å². The van der Waals surface area contributed by atoms with Crippen LogP contribution in [-0.4, -0.2) is 30.6 Å². The molecule has 0 fully saturated rings. The highest BCUT2D eigenvalue weighted by Crippen LogP contribution is 2.22. The number of nitrogens with one attached hydrogen (secondary N) is 1. The van der Waals surface area contributed by atoms with E-state index in [0.717, 1.165) is 16.5 Å². The third-order valence-corrected chi connectivity index (χ3v) is 4.29. The predicted octanol–water partition coefficient (Wildman–Crippen LogP) is 3.41. The van der Waals surface area contributed by atoms with Crippen molar-refractivity contribution in [3.8, 4) is 11.8 Å². The summed E-state index contributed by atoms with van der Waals surface area (Å²) in [6.07, 6.45) is 0.302. The van der Waals surface area contributed by atoms with Gasteiger partial charge in [-0.1, -0.05) is 12.1 Å². The zero-order valence-corrected chi connectivity index (χ0v) is 16.1. The summed E-state index contributed by atoms with van der Waals surface area (Å²) < 4.78 is 10.3. The van der Waals surface area contributed by atoms with Gasteiger partial charge in [-0.05, 0) is 48.9 Å². The van der Waals surface area contributed by atoms with E-state index in [2.05, 4.69) is 16.4 Å². The molecular formula is C22H19N3O4. The van der Waals surface area contributed by atoms with Crippen molar-refractivity contribution in [1.29, 1.82) is 5.26 Å². The lowest BCUT2D eigenvalue weighted by molar-refractivity contribution is -0.119. The number of nitriles is 1. The van der Waals surface area contributed by atoms with Gasteiger partial charge in [-0.3, -0.25) is 9.78 Å². The minimum atomic E-state index is -0.626. The van der Waals surface area contributed by atoms with E-state index in [1.807, 2.05) is 6.07 Å². The number of hydrogen-bond donors (Lipinski definition) is 1. The number of rotatable bonds is 6. The number of carbonyl (C=O) groups excluding carboxylic acids is 2. The Kier molecular flexibility index (Phi) is 6.05. The van der Waals surface area contributed by atoms with Gasteiger partial charge in [-0.2, -0.15) is 5.26 Å². The van der Waals surface area contributed by atoms with Crippen molar-refractivity contribution in [2.75, 3.05) is 19.0 Å². The molecule has 2 aromatic carbocycles. The fourth-order valence-electron chi connectivity index (χ4n) is 2.79. The molecule has 146 valence electrons. The number of benzene rings is 2. The molecule has 0 aliphatic heterocycles. The van der Waals surface area contributed by atoms with E-state index in [0.29, 0.717) is 29.1 Å². The quantitative estimate of drug-likeness (QED) is 0.648. The predicted molar refractivity (Wildman–Crippen MR) is 108 cm³/mol. The average molecular weight is 389 g/mol. The molecule has 0 bridgehead atoms. The Balaban J connectivity index is 1.64. The molecule has 0 spiro atoms. The number of fused-ring (bicyclic) bond motifs is 1. The van der Waals surface area contributed by atoms with Crippen molar-refractivity contribution < 1.29 is 19.1 Å². The van der Waals surface area contributed by atoms with Crippen LogP contribution < -0.4 is 10.1 Å². The molecule has 1 amide bonds. The maximum absolute atomic E-state index is 12.4. The third-order valence-electron chi connectivity index (χ3n) is 4.29. The number of hydrogen-bond acceptors (Lipinski definition) is 6. The van der Waals surface area contributed by atoms with Gasteiger partial charge in [0.2, 0.25) is 0 Å². The van der Waals surface area contributed by atoms with Crippen LogP contribution in [0.25, 0.3) is 10.9 Å². The molecule has 3 rings (SSSR count). The van der Waals surface area contributed by atoms with Crippen molar-refractivity contribution in [2.24, 2.45) is 0 Å². The van der Waals surface area contributed by atoms with E-state index >= 15 is 0 Å². The van der Waals surface area contributed by atoms with Gasteiger partial charge in [-0.15, -0.1) is 0 Å². The van der Waals surface area contributed by atoms with Crippen LogP contribution in [0.1, 0.15) is 21.6 Å². The molecule has 0 unspecified atom stereocenters. The van der Waals surface area contributed by atoms with Crippen LogP contribution in [0.4, 0.5) is 5.69 Å². The lowest BCUT2D eigenvalue weighted by Gasteiger charge is -2.10. The zero-order valence-electron chi connectivity index (χ0n) is 16.1. The minimum absolute atomic E-state index is 0.291. The summed E-state index contributed by atoms with van der Waals surface area (Å²) in [6, 6.07) is 16.0. The highest BCUT2D eigenvalue weighted by molar-refractivity contribution is 5.98. The highest BCUT2D eigenvalue weighted by Gasteiger charge is 2.15. The summed E-state index contributed by atoms with van der Waals surface area (Å²) in [5, 5.41) is 12.1. The Labute approximate surface area is 167 Å². The Morgan fingerprint density at radius 2 is 1.90 bits per heavy atom. The van der Waals surface area contributed by atoms with Gasteiger partial charge in [0, 0.05) is 11.1 Å². The Bertz CT molecular complexity index is 1100. The molecule has 1 heterocycles. The highest BCUT2D eigenvalue weighted by atomic mass is 16.5. The van der Waals surface area contributed by atoms with E-state index in [4.69, 9.17) is 14.7 Å². The summed E-state index contributed by atoms with van der Waals surface area (Å²) in [5.74, 6) is -0.429. The van der Waals surface area contributed by atoms with Crippen LogP contribution >= 0.6 is 0 Å². The molecule has 0 aliphatic carbocycles. The van der Waals surface area contributed by atoms with Gasteiger partial charge in [0.15, 0.2) is 6.61 Å². The van der Waals surface area contributed by atoms with Crippen LogP contribution in [0.2, 0.25) is 0 Å². The van der Waals surface area contributed by atoms with Crippen molar-refractivity contribution in [2.45, 2.75) is 13.3 Å². The topological polar surface area (TPSA) is 101 Å². The molecule has 0 atom stereocenters. The second-order valence-electron chi connectivity index (χ2n) is 6.34. The first-order valence-electron chi connectivity index (χ1n) is 8.88. The van der Waals surface area contributed by atoms with Gasteiger partial charge in [0.25, 0.3) is 5.91 Å². The maximum Gasteiger partial charge on any atom is 0.340 e. The first-order valence-corrected chi connectivity index (χ1v) is 8.88. The zero-order chi connectivity index (χ0) is 20.8. The fraction of sp³-hybridized carbons (Fsp3) is 0.182. The van der Waals surface area contributed by atoms with Gasteiger partial charge in [-0.25, -0.2) is 4.79 Å². The van der Waals surface area contributed by atoms with Crippen molar-refractivity contribution in [3.05, 3.63) is 65.4 Å². The van der Waals surface area contributed by atoms with Crippen molar-refractivity contribution in [3.63, 3.8) is 0 Å². The van der Waals surface area contributed by atoms with Crippen LogP contribution in [0.15, 0.2) is 48.5 Å². The number of anilines is 1. The minimum Gasteiger partial charge on any atom is -0.497 e. The van der Waals surface area contributed by atoms with Crippen LogP contribution in [0.3, 0.4) is 0 Å². The summed E-state index contributed by atoms with van der Waals surface area (Å²) >= 11 is 0. The normalized spacial score (nSPS) is 10.2. The van der Waals surface area contributed by atoms with Crippen molar-refractivity contribution in [1.82, 2.24) is 4.98 Å². The molecule has 7 heteroatoms. The Morgan fingerprint density at radius 1 is 1.14 bits per heavy atom. The lowest BCUT2D eigenvalue weighted by Crippen LogP contribution is -2.21. The average Bonchev–Trinajstić information content (AvgIpc) is 2.73. The van der Waals surface area contributed by atoms with E-state index < -0.39 is 18.5 Å². The van der Waals surface area contributed by atoms with E-state index in [1.54, 1.807) is 56.5 Å². The number of aromatic nitrogens is 1. The van der Waals surface area contributed by atoms with E-state index in [1.165, 1.54) is 0 Å². The molecule has 7 nitrogen and oxygen atoms in total. The molecule has 0 saturated carbocycles. The second kappa shape index (κ2) is 8.85. The number of nitrogens with zero attached hydrogens (tertiary/aromatic N) is 2. The van der Waals surface area contributed by atoms with Crippen LogP contribution in [-0.2, 0) is 16.0 Å². The molecule has 1 aromatic heterocycles. The largest absolute Gasteiger partial charge is 0.497 e. The summed E-state index contributed by atoms with van der Waals surface area (Å²) in [6.45, 7) is 1.29. The number of amides is 1. The number of methoxy groups -OCH3 is 1. The number of pyridine rings is 1. The lowest BCUT2D eigenvalue weighted by atomic mass is 10.1. The maximum atomic E-state index is 12.4. The Hall–Kier alpha value is -3.92. The summed E-state index contributed by atoms with van der Waals surface area (Å²) in [5.41, 5.74) is 2.95. The first kappa shape index (κ1) is 19.8. The SMILES string of the molecule is COc1ccc2nc(C)c(C(=O)OCC(=O)Nc3ccc(CC#N)cc3)cc2c1. The number of carbonyl (C=O) groups is 2. The molecular weight excluding hydrogens is 370 g/mol. The van der Waals surface area contributed by atoms with Crippen LogP contribution in [0.5, 0.6) is 5.75 Å². The van der Waals surface area contributed by atoms with Gasteiger partial charge in [0.05, 0.1) is 36.4 Å². The number of esters is 1. The van der Waals surface area contributed by atoms with Gasteiger partial charge >= 0.3 is 5.97 Å². The molecule has 0 radical (unpaired) electrons. The standard InChI is InChI=1S/C22H19N3O4/c1-14-19(12-16-11-18(28-2)7-8-20(16)24-14)22(27)29-13-21(26)25-17-5-3-15(4-6-17)9-10-23/h3-8,11-12H,9,13H2,1-2H3,(H,25,26). The first-order chi connectivity index (χ1) is 14.0. The van der Waals surface area contributed by atoms with Crippen LogP contribution in [0, 0.1) is 18.3 Å². The van der Waals surface area contributed by atoms with E-state index in [-0.39, 0.29) is 0 Å². The third kappa shape index (κ3) is 4.87. The number of ether oxygens (including phenoxy) is 2. The smallest absolute Gasteiger partial charge is 0.340 e. The molecule has 0 saturated heterocycles. The fourth-order valence-corrected chi connectivity index (χ4v) is 2.79. The Morgan fingerprint density at radius 3 is 2.59 bits per heavy atom. The van der Waals surface area contributed by atoms with Gasteiger partial charge in [0.1, 0.15) is 5.75 Å². The summed E-state index contributed by atoms with van der Waals surface area (Å²) in [7, 11) is 1.56. The monoisotopic (exact) mass is 389 g/mol.